The topological polar surface area (TPSA) is 29.5 Å². The number of hydrogen-bond acceptors (Lipinski definition) is 3. The van der Waals surface area contributed by atoms with Crippen molar-refractivity contribution in [3.8, 4) is 0 Å². The Bertz CT molecular complexity index is 267. The second kappa shape index (κ2) is 4.84. The summed E-state index contributed by atoms with van der Waals surface area (Å²) in [5, 5.41) is 0. The van der Waals surface area contributed by atoms with Crippen LogP contribution in [-0.2, 0) is 9.53 Å². The highest BCUT2D eigenvalue weighted by Crippen LogP contribution is 2.31. The lowest BCUT2D eigenvalue weighted by Gasteiger charge is -2.40. The Hall–Kier alpha value is -0.410. The van der Waals surface area contributed by atoms with Crippen LogP contribution in [0.2, 0.25) is 0 Å². The predicted molar refractivity (Wildman–Crippen MR) is 63.4 cm³/mol. The summed E-state index contributed by atoms with van der Waals surface area (Å²) in [7, 11) is 1.80. The van der Waals surface area contributed by atoms with Crippen LogP contribution in [-0.4, -0.2) is 42.5 Å². The van der Waals surface area contributed by atoms with E-state index in [1.54, 1.807) is 7.11 Å². The van der Waals surface area contributed by atoms with Gasteiger partial charge in [0.2, 0.25) is 0 Å². The summed E-state index contributed by atoms with van der Waals surface area (Å²) in [5.41, 5.74) is 0. The zero-order valence-electron chi connectivity index (χ0n) is 10.6. The SMILES string of the molecule is COC1CCC(N2CCC(=O)C(C)C2C)C1. The van der Waals surface area contributed by atoms with Crippen molar-refractivity contribution in [2.24, 2.45) is 5.92 Å². The van der Waals surface area contributed by atoms with Crippen LogP contribution in [0, 0.1) is 5.92 Å². The van der Waals surface area contributed by atoms with Gasteiger partial charge in [0, 0.05) is 38.1 Å². The van der Waals surface area contributed by atoms with E-state index >= 15 is 0 Å². The monoisotopic (exact) mass is 225 g/mol. The zero-order valence-corrected chi connectivity index (χ0v) is 10.6. The molecule has 1 saturated carbocycles. The van der Waals surface area contributed by atoms with Crippen LogP contribution in [0.25, 0.3) is 0 Å². The Morgan fingerprint density at radius 2 is 2.06 bits per heavy atom. The van der Waals surface area contributed by atoms with Gasteiger partial charge in [-0.1, -0.05) is 6.92 Å². The largest absolute Gasteiger partial charge is 0.381 e. The molecule has 1 aliphatic carbocycles. The maximum Gasteiger partial charge on any atom is 0.138 e. The molecule has 0 aromatic rings. The van der Waals surface area contributed by atoms with Gasteiger partial charge in [0.15, 0.2) is 0 Å². The molecular weight excluding hydrogens is 202 g/mol. The average Bonchev–Trinajstić information content (AvgIpc) is 2.74. The van der Waals surface area contributed by atoms with Gasteiger partial charge in [-0.05, 0) is 26.2 Å². The van der Waals surface area contributed by atoms with Crippen molar-refractivity contribution in [1.82, 2.24) is 4.90 Å². The lowest BCUT2D eigenvalue weighted by Crippen LogP contribution is -2.50. The van der Waals surface area contributed by atoms with Crippen LogP contribution < -0.4 is 0 Å². The second-order valence-electron chi connectivity index (χ2n) is 5.31. The van der Waals surface area contributed by atoms with E-state index in [4.69, 9.17) is 4.74 Å². The predicted octanol–water partition coefficient (Wildman–Crippen LogP) is 1.85. The van der Waals surface area contributed by atoms with Gasteiger partial charge in [0.05, 0.1) is 6.10 Å². The van der Waals surface area contributed by atoms with Crippen molar-refractivity contribution < 1.29 is 9.53 Å². The summed E-state index contributed by atoms with van der Waals surface area (Å²) in [4.78, 5) is 14.2. The Morgan fingerprint density at radius 1 is 1.31 bits per heavy atom. The molecule has 4 unspecified atom stereocenters. The maximum absolute atomic E-state index is 11.6. The van der Waals surface area contributed by atoms with Crippen molar-refractivity contribution in [3.05, 3.63) is 0 Å². The molecule has 2 aliphatic rings. The molecule has 0 radical (unpaired) electrons. The number of hydrogen-bond donors (Lipinski definition) is 0. The van der Waals surface area contributed by atoms with Gasteiger partial charge in [-0.25, -0.2) is 0 Å². The summed E-state index contributed by atoms with van der Waals surface area (Å²) >= 11 is 0. The maximum atomic E-state index is 11.6. The molecule has 2 rings (SSSR count). The quantitative estimate of drug-likeness (QED) is 0.718. The minimum Gasteiger partial charge on any atom is -0.381 e. The van der Waals surface area contributed by atoms with Crippen LogP contribution in [0.5, 0.6) is 0 Å². The highest BCUT2D eigenvalue weighted by Gasteiger charge is 2.37. The molecule has 16 heavy (non-hydrogen) atoms. The number of ether oxygens (including phenoxy) is 1. The summed E-state index contributed by atoms with van der Waals surface area (Å²) in [6, 6.07) is 1.04. The number of carbonyl (C=O) groups excluding carboxylic acids is 1. The number of methoxy groups -OCH3 is 1. The molecule has 3 nitrogen and oxygen atoms in total. The summed E-state index contributed by atoms with van der Waals surface area (Å²) in [6.45, 7) is 5.22. The molecule has 1 aliphatic heterocycles. The van der Waals surface area contributed by atoms with E-state index in [1.165, 1.54) is 12.8 Å². The lowest BCUT2D eigenvalue weighted by molar-refractivity contribution is -0.128. The Balaban J connectivity index is 1.97. The first-order chi connectivity index (χ1) is 7.63. The minimum absolute atomic E-state index is 0.204. The fraction of sp³-hybridized carbons (Fsp3) is 0.923. The molecule has 0 aromatic heterocycles. The lowest BCUT2D eigenvalue weighted by atomic mass is 9.89. The van der Waals surface area contributed by atoms with Gasteiger partial charge >= 0.3 is 0 Å². The highest BCUT2D eigenvalue weighted by atomic mass is 16.5. The molecule has 0 N–H and O–H groups in total. The van der Waals surface area contributed by atoms with Crippen LogP contribution >= 0.6 is 0 Å². The van der Waals surface area contributed by atoms with E-state index in [2.05, 4.69) is 18.7 Å². The van der Waals surface area contributed by atoms with Gasteiger partial charge in [-0.3, -0.25) is 9.69 Å². The van der Waals surface area contributed by atoms with E-state index in [9.17, 15) is 4.79 Å². The van der Waals surface area contributed by atoms with Crippen LogP contribution in [0.1, 0.15) is 39.5 Å². The Labute approximate surface area is 98.1 Å². The normalized spacial score (nSPS) is 41.6. The van der Waals surface area contributed by atoms with E-state index in [1.807, 2.05) is 0 Å². The number of nitrogens with zero attached hydrogens (tertiary/aromatic N) is 1. The minimum atomic E-state index is 0.204. The third-order valence-electron chi connectivity index (χ3n) is 4.53. The van der Waals surface area contributed by atoms with Crippen LogP contribution in [0.4, 0.5) is 0 Å². The van der Waals surface area contributed by atoms with E-state index in [0.29, 0.717) is 24.0 Å². The number of piperidine rings is 1. The molecule has 4 atom stereocenters. The third-order valence-corrected chi connectivity index (χ3v) is 4.53. The van der Waals surface area contributed by atoms with Crippen molar-refractivity contribution in [2.45, 2.75) is 57.7 Å². The van der Waals surface area contributed by atoms with E-state index < -0.39 is 0 Å². The molecule has 0 bridgehead atoms. The fourth-order valence-electron chi connectivity index (χ4n) is 3.17. The summed E-state index contributed by atoms with van der Waals surface area (Å²) < 4.78 is 5.42. The number of Topliss-reactive ketones (excluding diaryl/α,β-unsaturated/α-hetero) is 1. The van der Waals surface area contributed by atoms with Gasteiger partial charge in [-0.2, -0.15) is 0 Å². The first-order valence-electron chi connectivity index (χ1n) is 6.44. The number of likely N-dealkylation sites (tertiary alicyclic amines) is 1. The summed E-state index contributed by atoms with van der Waals surface area (Å²) in [6.07, 6.45) is 4.71. The fourth-order valence-corrected chi connectivity index (χ4v) is 3.17. The van der Waals surface area contributed by atoms with Crippen molar-refractivity contribution in [2.75, 3.05) is 13.7 Å². The molecule has 92 valence electrons. The van der Waals surface area contributed by atoms with Gasteiger partial charge in [0.1, 0.15) is 5.78 Å². The van der Waals surface area contributed by atoms with Gasteiger partial charge in [0.25, 0.3) is 0 Å². The zero-order chi connectivity index (χ0) is 11.7. The van der Waals surface area contributed by atoms with Gasteiger partial charge in [-0.15, -0.1) is 0 Å². The molecular formula is C13H23NO2. The molecule has 1 heterocycles. The van der Waals surface area contributed by atoms with Crippen molar-refractivity contribution >= 4 is 5.78 Å². The van der Waals surface area contributed by atoms with Crippen molar-refractivity contribution in [1.29, 1.82) is 0 Å². The molecule has 0 aromatic carbocycles. The van der Waals surface area contributed by atoms with E-state index in [0.717, 1.165) is 19.4 Å². The highest BCUT2D eigenvalue weighted by molar-refractivity contribution is 5.82. The second-order valence-corrected chi connectivity index (χ2v) is 5.31. The van der Waals surface area contributed by atoms with Crippen molar-refractivity contribution in [3.63, 3.8) is 0 Å². The first kappa shape index (κ1) is 12.1. The third kappa shape index (κ3) is 2.16. The van der Waals surface area contributed by atoms with Gasteiger partial charge < -0.3 is 4.74 Å². The Morgan fingerprint density at radius 3 is 2.69 bits per heavy atom. The summed E-state index contributed by atoms with van der Waals surface area (Å²) in [5.74, 6) is 0.639. The van der Waals surface area contributed by atoms with E-state index in [-0.39, 0.29) is 5.92 Å². The molecule has 1 saturated heterocycles. The molecule has 2 fully saturated rings. The average molecular weight is 225 g/mol. The van der Waals surface area contributed by atoms with Crippen LogP contribution in [0.15, 0.2) is 0 Å². The number of rotatable bonds is 2. The first-order valence-corrected chi connectivity index (χ1v) is 6.44. The molecule has 3 heteroatoms. The molecule has 0 spiro atoms. The molecule has 0 amide bonds. The van der Waals surface area contributed by atoms with Crippen LogP contribution in [0.3, 0.4) is 0 Å². The smallest absolute Gasteiger partial charge is 0.138 e. The number of ketones is 1. The standard InChI is InChI=1S/C13H23NO2/c1-9-10(2)14(7-6-13(9)15)11-4-5-12(8-11)16-3/h9-12H,4-8H2,1-3H3. The number of carbonyl (C=O) groups is 1. The Kier molecular flexibility index (Phi) is 3.65.